The van der Waals surface area contributed by atoms with Crippen LogP contribution in [-0.2, 0) is 14.9 Å². The van der Waals surface area contributed by atoms with Crippen LogP contribution in [0.25, 0.3) is 0 Å². The number of fused-ring (bicyclic) bond motifs is 1. The maximum absolute atomic E-state index is 13.8. The lowest BCUT2D eigenvalue weighted by molar-refractivity contribution is -0.130. The molecule has 2 heterocycles. The normalized spacial score (nSPS) is 20.7. The fraction of sp³-hybridized carbons (Fsp3) is 0.381. The van der Waals surface area contributed by atoms with Crippen LogP contribution in [0, 0.1) is 5.82 Å². The zero-order chi connectivity index (χ0) is 18.7. The van der Waals surface area contributed by atoms with Gasteiger partial charge in [0.15, 0.2) is 11.5 Å². The molecule has 0 bridgehead atoms. The van der Waals surface area contributed by atoms with Crippen LogP contribution in [0.3, 0.4) is 0 Å². The Balaban J connectivity index is 1.46. The van der Waals surface area contributed by atoms with E-state index in [1.54, 1.807) is 18.2 Å². The summed E-state index contributed by atoms with van der Waals surface area (Å²) in [4.78, 5) is 12.7. The van der Waals surface area contributed by atoms with Gasteiger partial charge in [-0.25, -0.2) is 4.39 Å². The number of rotatable bonds is 4. The maximum Gasteiger partial charge on any atom is 0.264 e. The predicted molar refractivity (Wildman–Crippen MR) is 97.5 cm³/mol. The molecule has 2 aliphatic heterocycles. The topological polar surface area (TPSA) is 56.8 Å². The highest BCUT2D eigenvalue weighted by Crippen LogP contribution is 2.35. The maximum atomic E-state index is 13.8. The smallest absolute Gasteiger partial charge is 0.264 e. The Morgan fingerprint density at radius 1 is 1.11 bits per heavy atom. The highest BCUT2D eigenvalue weighted by atomic mass is 19.1. The van der Waals surface area contributed by atoms with Crippen LogP contribution in [0.1, 0.15) is 18.4 Å². The third-order valence-electron chi connectivity index (χ3n) is 5.29. The number of hydrogen-bond acceptors (Lipinski definition) is 4. The van der Waals surface area contributed by atoms with Crippen molar-refractivity contribution in [3.63, 3.8) is 0 Å². The summed E-state index contributed by atoms with van der Waals surface area (Å²) >= 11 is 0. The zero-order valence-electron chi connectivity index (χ0n) is 14.9. The minimum Gasteiger partial charge on any atom is -0.485 e. The molecule has 6 heteroatoms. The van der Waals surface area contributed by atoms with E-state index in [9.17, 15) is 9.18 Å². The second kappa shape index (κ2) is 7.56. The molecule has 1 N–H and O–H groups in total. The lowest BCUT2D eigenvalue weighted by atomic mass is 9.74. The molecule has 0 aromatic heterocycles. The molecule has 142 valence electrons. The minimum atomic E-state index is -0.704. The summed E-state index contributed by atoms with van der Waals surface area (Å²) in [5.74, 6) is 0.703. The van der Waals surface area contributed by atoms with Crippen LogP contribution in [0.2, 0.25) is 0 Å². The molecular formula is C21H22FNO4. The summed E-state index contributed by atoms with van der Waals surface area (Å²) in [5, 5.41) is 2.99. The van der Waals surface area contributed by atoms with Crippen LogP contribution >= 0.6 is 0 Å². The molecule has 0 aliphatic carbocycles. The summed E-state index contributed by atoms with van der Waals surface area (Å²) in [6.45, 7) is 1.74. The molecule has 1 fully saturated rings. The summed E-state index contributed by atoms with van der Waals surface area (Å²) in [6, 6.07) is 13.9. The highest BCUT2D eigenvalue weighted by molar-refractivity contribution is 5.81. The van der Waals surface area contributed by atoms with E-state index in [-0.39, 0.29) is 23.7 Å². The number of halogens is 1. The Morgan fingerprint density at radius 3 is 2.67 bits per heavy atom. The Morgan fingerprint density at radius 2 is 1.89 bits per heavy atom. The SMILES string of the molecule is O=C(NCC1(c2cccc(F)c2)CCOCC1)[C@H]1COc2ccccc2O1. The number of benzene rings is 2. The van der Waals surface area contributed by atoms with Gasteiger partial charge in [-0.3, -0.25) is 4.79 Å². The number of hydrogen-bond donors (Lipinski definition) is 1. The van der Waals surface area contributed by atoms with Crippen molar-refractivity contribution in [1.29, 1.82) is 0 Å². The van der Waals surface area contributed by atoms with Crippen LogP contribution in [0.5, 0.6) is 11.5 Å². The van der Waals surface area contributed by atoms with E-state index in [2.05, 4.69) is 5.32 Å². The molecule has 2 aliphatic rings. The number of carbonyl (C=O) groups is 1. The van der Waals surface area contributed by atoms with Gasteiger partial charge in [-0.05, 0) is 42.7 Å². The van der Waals surface area contributed by atoms with Crippen LogP contribution < -0.4 is 14.8 Å². The van der Waals surface area contributed by atoms with Gasteiger partial charge < -0.3 is 19.5 Å². The molecule has 27 heavy (non-hydrogen) atoms. The molecular weight excluding hydrogens is 349 g/mol. The van der Waals surface area contributed by atoms with Crippen molar-refractivity contribution in [3.05, 3.63) is 59.9 Å². The summed E-state index contributed by atoms with van der Waals surface area (Å²) < 4.78 is 30.6. The van der Waals surface area contributed by atoms with Gasteiger partial charge in [0.1, 0.15) is 12.4 Å². The van der Waals surface area contributed by atoms with Crippen molar-refractivity contribution in [3.8, 4) is 11.5 Å². The van der Waals surface area contributed by atoms with Crippen molar-refractivity contribution >= 4 is 5.91 Å². The lowest BCUT2D eigenvalue weighted by Gasteiger charge is -2.38. The van der Waals surface area contributed by atoms with Crippen molar-refractivity contribution < 1.29 is 23.4 Å². The van der Waals surface area contributed by atoms with Crippen molar-refractivity contribution in [2.75, 3.05) is 26.4 Å². The Labute approximate surface area is 157 Å². The first-order valence-electron chi connectivity index (χ1n) is 9.16. The Hall–Kier alpha value is -2.60. The molecule has 2 aromatic carbocycles. The molecule has 0 saturated carbocycles. The molecule has 4 rings (SSSR count). The summed E-state index contributed by atoms with van der Waals surface area (Å²) in [7, 11) is 0. The number of para-hydroxylation sites is 2. The van der Waals surface area contributed by atoms with Gasteiger partial charge in [-0.15, -0.1) is 0 Å². The average Bonchev–Trinajstić information content (AvgIpc) is 2.72. The van der Waals surface area contributed by atoms with E-state index in [4.69, 9.17) is 14.2 Å². The average molecular weight is 371 g/mol. The molecule has 1 amide bonds. The first-order chi connectivity index (χ1) is 13.2. The van der Waals surface area contributed by atoms with E-state index in [1.807, 2.05) is 24.3 Å². The van der Waals surface area contributed by atoms with Crippen LogP contribution in [0.4, 0.5) is 4.39 Å². The molecule has 1 saturated heterocycles. The minimum absolute atomic E-state index is 0.166. The van der Waals surface area contributed by atoms with Crippen LogP contribution in [-0.4, -0.2) is 38.4 Å². The third kappa shape index (κ3) is 3.76. The molecule has 5 nitrogen and oxygen atoms in total. The number of ether oxygens (including phenoxy) is 3. The Kier molecular flexibility index (Phi) is 4.99. The van der Waals surface area contributed by atoms with E-state index in [0.29, 0.717) is 31.3 Å². The van der Waals surface area contributed by atoms with Gasteiger partial charge >= 0.3 is 0 Å². The fourth-order valence-corrected chi connectivity index (χ4v) is 3.67. The standard InChI is InChI=1S/C21H22FNO4/c22-16-5-3-4-15(12-16)21(8-10-25-11-9-21)14-23-20(24)19-13-26-17-6-1-2-7-18(17)27-19/h1-7,12,19H,8-11,13-14H2,(H,23,24)/t19-/m1/s1. The van der Waals surface area contributed by atoms with Gasteiger partial charge in [-0.1, -0.05) is 24.3 Å². The van der Waals surface area contributed by atoms with Crippen molar-refractivity contribution in [2.45, 2.75) is 24.4 Å². The van der Waals surface area contributed by atoms with Crippen molar-refractivity contribution in [2.24, 2.45) is 0 Å². The van der Waals surface area contributed by atoms with E-state index in [1.165, 1.54) is 6.07 Å². The largest absolute Gasteiger partial charge is 0.485 e. The predicted octanol–water partition coefficient (Wildman–Crippen LogP) is 2.83. The van der Waals surface area contributed by atoms with E-state index in [0.717, 1.165) is 18.4 Å². The molecule has 1 atom stereocenters. The second-order valence-electron chi connectivity index (χ2n) is 6.99. The Bertz CT molecular complexity index is 819. The molecule has 0 unspecified atom stereocenters. The van der Waals surface area contributed by atoms with Crippen LogP contribution in [0.15, 0.2) is 48.5 Å². The number of amides is 1. The highest BCUT2D eigenvalue weighted by Gasteiger charge is 2.36. The van der Waals surface area contributed by atoms with E-state index >= 15 is 0 Å². The third-order valence-corrected chi connectivity index (χ3v) is 5.29. The van der Waals surface area contributed by atoms with Crippen molar-refractivity contribution in [1.82, 2.24) is 5.32 Å². The van der Waals surface area contributed by atoms with Gasteiger partial charge in [0.2, 0.25) is 6.10 Å². The van der Waals surface area contributed by atoms with Gasteiger partial charge in [0.25, 0.3) is 5.91 Å². The summed E-state index contributed by atoms with van der Waals surface area (Å²) in [6.07, 6.45) is 0.743. The molecule has 0 radical (unpaired) electrons. The lowest BCUT2D eigenvalue weighted by Crippen LogP contribution is -2.50. The number of nitrogens with one attached hydrogen (secondary N) is 1. The summed E-state index contributed by atoms with van der Waals surface area (Å²) in [5.41, 5.74) is 0.543. The first kappa shape index (κ1) is 17.8. The fourth-order valence-electron chi connectivity index (χ4n) is 3.67. The quantitative estimate of drug-likeness (QED) is 0.898. The van der Waals surface area contributed by atoms with Gasteiger partial charge in [0, 0.05) is 25.2 Å². The molecule has 2 aromatic rings. The van der Waals surface area contributed by atoms with Gasteiger partial charge in [-0.2, -0.15) is 0 Å². The zero-order valence-corrected chi connectivity index (χ0v) is 14.9. The van der Waals surface area contributed by atoms with E-state index < -0.39 is 6.10 Å². The van der Waals surface area contributed by atoms with Gasteiger partial charge in [0.05, 0.1) is 0 Å². The molecule has 0 spiro atoms. The second-order valence-corrected chi connectivity index (χ2v) is 6.99. The number of carbonyl (C=O) groups excluding carboxylic acids is 1. The first-order valence-corrected chi connectivity index (χ1v) is 9.16. The monoisotopic (exact) mass is 371 g/mol.